The van der Waals surface area contributed by atoms with Gasteiger partial charge in [0, 0.05) is 69.4 Å². The highest BCUT2D eigenvalue weighted by Gasteiger charge is 2.36. The van der Waals surface area contributed by atoms with Crippen LogP contribution in [0.15, 0.2) is 23.2 Å². The van der Waals surface area contributed by atoms with E-state index < -0.39 is 134 Å². The number of carbonyl (C=O) groups is 10. The molecule has 25 nitrogen and oxygen atoms in total. The van der Waals surface area contributed by atoms with Crippen molar-refractivity contribution in [2.24, 2.45) is 17.6 Å². The Labute approximate surface area is 464 Å². The van der Waals surface area contributed by atoms with Crippen LogP contribution < -0.4 is 53.0 Å². The average Bonchev–Trinajstić information content (AvgIpc) is 3.79. The summed E-state index contributed by atoms with van der Waals surface area (Å²) in [6.07, 6.45) is 7.22. The number of rotatable bonds is 27. The van der Waals surface area contributed by atoms with Gasteiger partial charge in [0.25, 0.3) is 0 Å². The summed E-state index contributed by atoms with van der Waals surface area (Å²) in [5.41, 5.74) is 6.36. The number of terminal acetylenes is 1. The molecule has 9 atom stereocenters. The van der Waals surface area contributed by atoms with E-state index in [1.165, 1.54) is 14.0 Å². The molecule has 0 bridgehead atoms. The van der Waals surface area contributed by atoms with Crippen molar-refractivity contribution in [1.82, 2.24) is 52.4 Å². The van der Waals surface area contributed by atoms with Gasteiger partial charge in [0.2, 0.25) is 59.1 Å². The lowest BCUT2D eigenvalue weighted by atomic mass is 9.94. The fraction of sp³-hybridized carbons (Fsp3) is 0.623. The van der Waals surface area contributed by atoms with Gasteiger partial charge in [-0.25, -0.2) is 0 Å². The van der Waals surface area contributed by atoms with Crippen molar-refractivity contribution < 1.29 is 68.0 Å². The van der Waals surface area contributed by atoms with Gasteiger partial charge in [-0.15, -0.1) is 24.1 Å². The van der Waals surface area contributed by atoms with Crippen LogP contribution in [0.4, 0.5) is 0 Å². The monoisotopic (exact) mass is 1130 g/mol. The number of aliphatic hydroxyl groups is 3. The molecule has 0 saturated carbocycles. The van der Waals surface area contributed by atoms with Crippen LogP contribution in [0.1, 0.15) is 104 Å². The van der Waals surface area contributed by atoms with Crippen LogP contribution in [0.5, 0.6) is 5.75 Å². The third-order valence-corrected chi connectivity index (χ3v) is 14.4. The molecule has 1 aliphatic heterocycles. The van der Waals surface area contributed by atoms with Crippen LogP contribution in [0.3, 0.4) is 0 Å². The van der Waals surface area contributed by atoms with Gasteiger partial charge in [-0.1, -0.05) is 47.0 Å². The molecule has 2 aromatic rings. The lowest BCUT2D eigenvalue weighted by Crippen LogP contribution is -2.59. The minimum Gasteiger partial charge on any atom is -0.494 e. The number of ether oxygens (including phenoxy) is 1. The molecular formula is C53H81N11O14S. The Hall–Kier alpha value is -6.95. The van der Waals surface area contributed by atoms with Gasteiger partial charge >= 0.3 is 0 Å². The number of aromatic amines is 1. The number of thioether (sulfide) groups is 1. The number of nitrogens with zero attached hydrogens (tertiary/aromatic N) is 1. The van der Waals surface area contributed by atoms with E-state index in [1.54, 1.807) is 39.0 Å². The molecule has 26 heteroatoms. The van der Waals surface area contributed by atoms with E-state index in [0.29, 0.717) is 78.9 Å². The number of benzene rings is 1. The Morgan fingerprint density at radius 1 is 0.937 bits per heavy atom. The van der Waals surface area contributed by atoms with Gasteiger partial charge in [-0.2, -0.15) is 0 Å². The SMILES string of the molecule is C#CCCCC(=O)NCCCCCCOc1ccc2c3c([nH]c2c1)SC[C@@H](C(=O)N[C@@H](CC(N)=O)C(=O)N(C)C[C@H](O)CC)NC(=O)CNC(=O)[C@H]([C@@H](C)CC)NC(=O)CNC(=O)[C@H](NC(=O)[C@@H](NC(C)=O)[C@@H](C)[C@@H](O)CO)C3. The van der Waals surface area contributed by atoms with Crippen molar-refractivity contribution in [3.8, 4) is 18.1 Å². The van der Waals surface area contributed by atoms with Gasteiger partial charge < -0.3 is 78.2 Å². The van der Waals surface area contributed by atoms with Crippen LogP contribution >= 0.6 is 11.8 Å². The summed E-state index contributed by atoms with van der Waals surface area (Å²) >= 11 is 0.982. The van der Waals surface area contributed by atoms with Crippen LogP contribution in [-0.2, 0) is 54.4 Å². The summed E-state index contributed by atoms with van der Waals surface area (Å²) in [7, 11) is 1.37. The second-order valence-electron chi connectivity index (χ2n) is 19.7. The van der Waals surface area contributed by atoms with Crippen LogP contribution in [0, 0.1) is 24.2 Å². The smallest absolute Gasteiger partial charge is 0.245 e. The van der Waals surface area contributed by atoms with Crippen molar-refractivity contribution >= 4 is 81.7 Å². The fourth-order valence-electron chi connectivity index (χ4n) is 8.35. The standard InChI is InChI=1S/C53H81N11O14S/c1-8-11-14-17-43(70)55-20-15-12-13-16-21-78-34-18-19-35-36-23-38(60-51(76)47(58-32(6)66)31(5)41(68)28-65)48(73)56-26-45(72)63-46(30(4)9-2)50(75)57-25-44(71)59-40(29-79-52(36)62-37(35)22-34)49(74)61-39(24-42(54)69)53(77)64(7)27-33(67)10-3/h1,18-19,22,30-31,33,38-41,46-47,62,65,67-68H,9-17,20-21,23-29H2,2-7H3,(H2,54,69)(H,55,70)(H,56,73)(H,57,75)(H,58,66)(H,59,71)(H,60,76)(H,61,74)(H,63,72)/t30-,31-,33+,38+,39-,40-,41-,46-,47-/m0/s1. The van der Waals surface area contributed by atoms with Gasteiger partial charge in [0.1, 0.15) is 36.0 Å². The molecular weight excluding hydrogens is 1050 g/mol. The highest BCUT2D eigenvalue weighted by molar-refractivity contribution is 7.99. The molecule has 0 saturated heterocycles. The Balaban J connectivity index is 2.15. The van der Waals surface area contributed by atoms with E-state index >= 15 is 0 Å². The second-order valence-corrected chi connectivity index (χ2v) is 20.7. The normalized spacial score (nSPS) is 18.8. The first kappa shape index (κ1) is 66.3. The number of nitrogens with two attached hydrogens (primary N) is 1. The summed E-state index contributed by atoms with van der Waals surface area (Å²) in [6, 6.07) is -2.19. The molecule has 0 aliphatic carbocycles. The minimum atomic E-state index is -1.54. The number of likely N-dealkylation sites (N-methyl/N-ethyl adjacent to an activating group) is 1. The number of aliphatic hydroxyl groups excluding tert-OH is 3. The third kappa shape index (κ3) is 22.4. The molecule has 79 heavy (non-hydrogen) atoms. The zero-order valence-corrected chi connectivity index (χ0v) is 46.8. The number of H-pyrrole nitrogens is 1. The number of nitrogens with one attached hydrogen (secondary N) is 9. The van der Waals surface area contributed by atoms with Crippen molar-refractivity contribution in [1.29, 1.82) is 0 Å². The van der Waals surface area contributed by atoms with E-state index in [4.69, 9.17) is 16.9 Å². The Morgan fingerprint density at radius 2 is 1.62 bits per heavy atom. The average molecular weight is 1130 g/mol. The van der Waals surface area contributed by atoms with Crippen LogP contribution in [-0.4, -0.2) is 179 Å². The minimum absolute atomic E-state index is 0.0436. The molecule has 0 spiro atoms. The molecule has 0 unspecified atom stereocenters. The fourth-order valence-corrected chi connectivity index (χ4v) is 9.46. The predicted octanol–water partition coefficient (Wildman–Crippen LogP) is -1.51. The number of amides is 10. The van der Waals surface area contributed by atoms with Crippen molar-refractivity contribution in [2.45, 2.75) is 153 Å². The summed E-state index contributed by atoms with van der Waals surface area (Å²) in [5, 5.41) is 52.1. The number of aromatic nitrogens is 1. The summed E-state index contributed by atoms with van der Waals surface area (Å²) in [5.74, 6) is -6.51. The Bertz CT molecular complexity index is 2470. The molecule has 14 N–H and O–H groups in total. The largest absolute Gasteiger partial charge is 0.494 e. The Kier molecular flexibility index (Phi) is 28.7. The number of unbranched alkanes of at least 4 members (excludes halogenated alkanes) is 4. The van der Waals surface area contributed by atoms with E-state index in [-0.39, 0.29) is 24.6 Å². The number of primary amides is 1. The highest BCUT2D eigenvalue weighted by atomic mass is 32.2. The summed E-state index contributed by atoms with van der Waals surface area (Å²) < 4.78 is 6.12. The number of carbonyl (C=O) groups excluding carboxylic acids is 10. The van der Waals surface area contributed by atoms with E-state index in [0.717, 1.165) is 42.8 Å². The first-order chi connectivity index (χ1) is 37.5. The van der Waals surface area contributed by atoms with E-state index in [9.17, 15) is 63.3 Å². The maximum atomic E-state index is 14.4. The van der Waals surface area contributed by atoms with Crippen molar-refractivity contribution in [3.63, 3.8) is 0 Å². The Morgan fingerprint density at radius 3 is 2.27 bits per heavy atom. The van der Waals surface area contributed by atoms with Gasteiger partial charge in [0.15, 0.2) is 0 Å². The molecule has 438 valence electrons. The molecule has 0 radical (unpaired) electrons. The lowest BCUT2D eigenvalue weighted by molar-refractivity contribution is -0.138. The van der Waals surface area contributed by atoms with Gasteiger partial charge in [-0.3, -0.25) is 47.9 Å². The van der Waals surface area contributed by atoms with Gasteiger partial charge in [0.05, 0.1) is 55.5 Å². The maximum Gasteiger partial charge on any atom is 0.245 e. The van der Waals surface area contributed by atoms with Crippen molar-refractivity contribution in [2.75, 3.05) is 52.2 Å². The molecule has 2 heterocycles. The zero-order valence-electron chi connectivity index (χ0n) is 46.0. The maximum absolute atomic E-state index is 14.4. The van der Waals surface area contributed by atoms with E-state index in [1.807, 2.05) is 0 Å². The molecule has 10 amide bonds. The molecule has 1 aromatic carbocycles. The topological polar surface area (TPSA) is 382 Å². The van der Waals surface area contributed by atoms with Gasteiger partial charge in [-0.05, 0) is 49.3 Å². The highest BCUT2D eigenvalue weighted by Crippen LogP contribution is 2.34. The summed E-state index contributed by atoms with van der Waals surface area (Å²) in [4.78, 5) is 139. The predicted molar refractivity (Wildman–Crippen MR) is 293 cm³/mol. The quantitative estimate of drug-likeness (QED) is 0.0357. The lowest BCUT2D eigenvalue weighted by Gasteiger charge is -2.29. The van der Waals surface area contributed by atoms with Crippen LogP contribution in [0.25, 0.3) is 10.9 Å². The first-order valence-corrected chi connectivity index (χ1v) is 27.6. The third-order valence-electron chi connectivity index (χ3n) is 13.3. The summed E-state index contributed by atoms with van der Waals surface area (Å²) in [6.45, 7) is 6.31. The number of hydrogen-bond acceptors (Lipinski definition) is 15. The zero-order chi connectivity index (χ0) is 58.8. The molecule has 0 fully saturated rings. The van der Waals surface area contributed by atoms with Crippen molar-refractivity contribution in [3.05, 3.63) is 23.8 Å². The molecule has 1 aliphatic rings. The molecule has 1 aromatic heterocycles. The number of hydrogen-bond donors (Lipinski definition) is 13. The number of fused-ring (bicyclic) bond motifs is 3. The molecule has 3 rings (SSSR count). The second kappa shape index (κ2) is 34.1. The first-order valence-electron chi connectivity index (χ1n) is 26.7. The van der Waals surface area contributed by atoms with Crippen LogP contribution in [0.2, 0.25) is 0 Å². The van der Waals surface area contributed by atoms with E-state index in [2.05, 4.69) is 53.4 Å².